The van der Waals surface area contributed by atoms with Gasteiger partial charge in [0.25, 0.3) is 0 Å². The Hall–Kier alpha value is -3.09. The molecule has 3 unspecified atom stereocenters. The fourth-order valence-electron chi connectivity index (χ4n) is 13.0. The first kappa shape index (κ1) is 32.5. The minimum Gasteiger partial charge on any atom is -0.478 e. The molecule has 7 heteroatoms. The Labute approximate surface area is 280 Å². The van der Waals surface area contributed by atoms with Crippen LogP contribution in [0.2, 0.25) is 0 Å². The van der Waals surface area contributed by atoms with Crippen LogP contribution in [0.5, 0.6) is 0 Å². The fraction of sp³-hybridized carbons (Fsp3) is 0.675. The molecular weight excluding hydrogens is 588 g/mol. The van der Waals surface area contributed by atoms with Crippen molar-refractivity contribution in [3.05, 3.63) is 54.1 Å². The number of cyclic esters (lactones) is 1. The molecule has 254 valence electrons. The Morgan fingerprint density at radius 3 is 2.40 bits per heavy atom. The highest BCUT2D eigenvalue weighted by Gasteiger charge is 2.69. The number of ether oxygens (including phenoxy) is 1. The molecule has 1 aromatic carbocycles. The maximum Gasteiger partial charge on any atom is 0.410 e. The highest BCUT2D eigenvalue weighted by atomic mass is 16.6. The molecule has 1 aliphatic heterocycles. The zero-order valence-electron chi connectivity index (χ0n) is 29.1. The number of nitrogens with one attached hydrogen (secondary N) is 1. The average molecular weight is 643 g/mol. The van der Waals surface area contributed by atoms with E-state index in [1.165, 1.54) is 42.6 Å². The molecule has 2 N–H and O–H groups in total. The number of carbonyl (C=O) groups excluding carboxylic acids is 2. The van der Waals surface area contributed by atoms with E-state index in [4.69, 9.17) is 4.74 Å². The van der Waals surface area contributed by atoms with E-state index < -0.39 is 12.1 Å². The van der Waals surface area contributed by atoms with Crippen LogP contribution in [0.15, 0.2) is 43.0 Å². The number of carbonyl (C=O) groups is 3. The van der Waals surface area contributed by atoms with Gasteiger partial charge in [-0.25, -0.2) is 9.59 Å². The number of carboxylic acid groups (broad SMARTS) is 1. The molecule has 7 nitrogen and oxygen atoms in total. The molecule has 0 bridgehead atoms. The number of benzene rings is 1. The van der Waals surface area contributed by atoms with Gasteiger partial charge in [-0.1, -0.05) is 65.3 Å². The molecular formula is C40H54N2O5. The molecule has 0 radical (unpaired) electrons. The standard InChI is InChI=1S/C40H54N2O5/c1-7-27-24-47-35(46)42(27)23-33(43)41-40-18-8-9-30(40)29-14-15-32-37(4)19-16-28(25-10-12-26(13-11-25)34(44)45)36(2,3)31(37)17-20-39(32,6)38(29,5)21-22-40/h7,10-13,16,27,29-32H,1,8-9,14-15,17-24H2,2-6H3,(H,41,43)(H,44,45)/t27-,29+,30?,31?,32?,37-,38+,39+,40-/m0/s1. The molecule has 1 aromatic rings. The topological polar surface area (TPSA) is 95.9 Å². The molecule has 6 aliphatic rings. The van der Waals surface area contributed by atoms with Crippen LogP contribution in [0.25, 0.3) is 5.57 Å². The van der Waals surface area contributed by atoms with E-state index in [0.717, 1.165) is 37.7 Å². The Kier molecular flexibility index (Phi) is 7.57. The molecule has 5 fully saturated rings. The largest absolute Gasteiger partial charge is 0.478 e. The van der Waals surface area contributed by atoms with Crippen molar-refractivity contribution in [2.75, 3.05) is 13.2 Å². The number of aromatic carboxylic acids is 1. The average Bonchev–Trinajstić information content (AvgIpc) is 3.60. The molecule has 0 aromatic heterocycles. The second-order valence-electron chi connectivity index (χ2n) is 17.3. The van der Waals surface area contributed by atoms with Gasteiger partial charge in [-0.05, 0) is 126 Å². The van der Waals surface area contributed by atoms with E-state index in [-0.39, 0.29) is 52.3 Å². The van der Waals surface area contributed by atoms with Crippen LogP contribution in [0.4, 0.5) is 4.79 Å². The van der Waals surface area contributed by atoms with Gasteiger partial charge in [0.15, 0.2) is 0 Å². The fourth-order valence-corrected chi connectivity index (χ4v) is 13.0. The SMILES string of the molecule is C=C[C@H]1COC(=O)N1CC(=O)N[C@]12CCCC1[C@H]1CCC3[C@@]4(C)CC=C(c5ccc(C(=O)O)cc5)C(C)(C)C4CC[C@@]3(C)[C@]1(C)CC2. The van der Waals surface area contributed by atoms with Gasteiger partial charge in [-0.15, -0.1) is 6.58 Å². The van der Waals surface area contributed by atoms with E-state index in [1.54, 1.807) is 18.2 Å². The zero-order valence-corrected chi connectivity index (χ0v) is 29.1. The van der Waals surface area contributed by atoms with Crippen LogP contribution in [0.1, 0.15) is 115 Å². The lowest BCUT2D eigenvalue weighted by atomic mass is 9.33. The highest BCUT2D eigenvalue weighted by molar-refractivity contribution is 5.88. The van der Waals surface area contributed by atoms with Gasteiger partial charge in [0.2, 0.25) is 5.91 Å². The Balaban J connectivity index is 1.13. The van der Waals surface area contributed by atoms with E-state index in [9.17, 15) is 19.5 Å². The molecule has 1 heterocycles. The number of nitrogens with zero attached hydrogens (tertiary/aromatic N) is 1. The zero-order chi connectivity index (χ0) is 33.6. The van der Waals surface area contributed by atoms with Gasteiger partial charge in [-0.2, -0.15) is 0 Å². The van der Waals surface area contributed by atoms with Gasteiger partial charge < -0.3 is 15.2 Å². The lowest BCUT2D eigenvalue weighted by molar-refractivity contribution is -0.217. The van der Waals surface area contributed by atoms with Crippen molar-refractivity contribution in [3.63, 3.8) is 0 Å². The monoisotopic (exact) mass is 642 g/mol. The molecule has 47 heavy (non-hydrogen) atoms. The highest BCUT2D eigenvalue weighted by Crippen LogP contribution is 2.76. The van der Waals surface area contributed by atoms with E-state index >= 15 is 0 Å². The first-order valence-corrected chi connectivity index (χ1v) is 18.1. The third kappa shape index (κ3) is 4.60. The third-order valence-electron chi connectivity index (χ3n) is 15.4. The van der Waals surface area contributed by atoms with Crippen LogP contribution in [0, 0.1) is 45.3 Å². The van der Waals surface area contributed by atoms with Crippen molar-refractivity contribution >= 4 is 23.5 Å². The van der Waals surface area contributed by atoms with Crippen LogP contribution in [-0.4, -0.2) is 52.7 Å². The Morgan fingerprint density at radius 1 is 0.957 bits per heavy atom. The molecule has 4 saturated carbocycles. The number of amides is 2. The van der Waals surface area contributed by atoms with Crippen LogP contribution < -0.4 is 5.32 Å². The summed E-state index contributed by atoms with van der Waals surface area (Å²) in [6, 6.07) is 7.24. The smallest absolute Gasteiger partial charge is 0.410 e. The van der Waals surface area contributed by atoms with Gasteiger partial charge in [0.1, 0.15) is 13.2 Å². The summed E-state index contributed by atoms with van der Waals surface area (Å²) in [5.41, 5.74) is 3.29. The summed E-state index contributed by atoms with van der Waals surface area (Å²) >= 11 is 0. The number of hydrogen-bond donors (Lipinski definition) is 2. The molecule has 5 aliphatic carbocycles. The Morgan fingerprint density at radius 2 is 1.70 bits per heavy atom. The maximum absolute atomic E-state index is 13.6. The van der Waals surface area contributed by atoms with Crippen LogP contribution in [0.3, 0.4) is 0 Å². The second kappa shape index (κ2) is 11.0. The summed E-state index contributed by atoms with van der Waals surface area (Å²) < 4.78 is 5.20. The minimum absolute atomic E-state index is 0.0132. The summed E-state index contributed by atoms with van der Waals surface area (Å²) in [4.78, 5) is 38.9. The molecule has 0 spiro atoms. The lowest BCUT2D eigenvalue weighted by Gasteiger charge is -2.72. The van der Waals surface area contributed by atoms with Crippen molar-refractivity contribution in [1.82, 2.24) is 10.2 Å². The third-order valence-corrected chi connectivity index (χ3v) is 15.4. The first-order valence-electron chi connectivity index (χ1n) is 18.1. The number of allylic oxidation sites excluding steroid dienone is 2. The predicted octanol–water partition coefficient (Wildman–Crippen LogP) is 8.11. The molecule has 1 saturated heterocycles. The van der Waals surface area contributed by atoms with Crippen molar-refractivity contribution in [3.8, 4) is 0 Å². The van der Waals surface area contributed by atoms with E-state index in [0.29, 0.717) is 29.2 Å². The molecule has 9 atom stereocenters. The van der Waals surface area contributed by atoms with Crippen LogP contribution >= 0.6 is 0 Å². The number of rotatable bonds is 6. The van der Waals surface area contributed by atoms with Gasteiger partial charge in [-0.3, -0.25) is 9.69 Å². The van der Waals surface area contributed by atoms with Crippen molar-refractivity contribution in [2.45, 2.75) is 110 Å². The van der Waals surface area contributed by atoms with Crippen molar-refractivity contribution in [2.24, 2.45) is 45.3 Å². The lowest BCUT2D eigenvalue weighted by Crippen LogP contribution is -2.68. The van der Waals surface area contributed by atoms with Gasteiger partial charge in [0.05, 0.1) is 11.6 Å². The maximum atomic E-state index is 13.6. The second-order valence-corrected chi connectivity index (χ2v) is 17.3. The number of hydrogen-bond acceptors (Lipinski definition) is 4. The summed E-state index contributed by atoms with van der Waals surface area (Å²) in [6.45, 7) is 16.8. The summed E-state index contributed by atoms with van der Waals surface area (Å²) in [5, 5.41) is 13.0. The summed E-state index contributed by atoms with van der Waals surface area (Å²) in [7, 11) is 0. The van der Waals surface area contributed by atoms with Crippen molar-refractivity contribution in [1.29, 1.82) is 0 Å². The molecule has 2 amide bonds. The minimum atomic E-state index is -0.882. The van der Waals surface area contributed by atoms with E-state index in [1.807, 2.05) is 12.1 Å². The predicted molar refractivity (Wildman–Crippen MR) is 183 cm³/mol. The quantitative estimate of drug-likeness (QED) is 0.306. The molecule has 7 rings (SSSR count). The Bertz CT molecular complexity index is 1510. The first-order chi connectivity index (χ1) is 22.2. The number of carboxylic acids is 1. The summed E-state index contributed by atoms with van der Waals surface area (Å²) in [6.07, 6.45) is 15.2. The van der Waals surface area contributed by atoms with E-state index in [2.05, 4.69) is 52.6 Å². The van der Waals surface area contributed by atoms with Crippen LogP contribution in [-0.2, 0) is 9.53 Å². The van der Waals surface area contributed by atoms with Crippen molar-refractivity contribution < 1.29 is 24.2 Å². The summed E-state index contributed by atoms with van der Waals surface area (Å²) in [5.74, 6) is 1.28. The van der Waals surface area contributed by atoms with Gasteiger partial charge >= 0.3 is 12.1 Å². The van der Waals surface area contributed by atoms with Gasteiger partial charge in [0, 0.05) is 5.54 Å². The normalized spacial score (nSPS) is 41.8. The number of fused-ring (bicyclic) bond motifs is 7.